The van der Waals surface area contributed by atoms with Crippen LogP contribution in [0, 0.1) is 0 Å². The molecule has 25 heavy (non-hydrogen) atoms. The molecule has 1 atom stereocenters. The number of aromatic amines is 2. The Labute approximate surface area is 150 Å². The lowest BCUT2D eigenvalue weighted by atomic mass is 10.1. The Bertz CT molecular complexity index is 867. The third kappa shape index (κ3) is 3.16. The van der Waals surface area contributed by atoms with Crippen LogP contribution in [-0.2, 0) is 12.8 Å². The standard InChI is InChI=1S/C18H21N5OS/c1-25-10-9-15(17-19-13-6-2-3-7-14(13)20-17)21-18(24)16-11-5-4-8-12(11)22-23-16/h2-3,6-7,15H,4-5,8-10H2,1H3,(H,19,20)(H,21,24)(H,22,23)/t15-/m1/s1. The second-order valence-corrected chi connectivity index (χ2v) is 7.32. The number of carbonyl (C=O) groups excluding carboxylic acids is 1. The zero-order chi connectivity index (χ0) is 17.2. The van der Waals surface area contributed by atoms with Gasteiger partial charge in [0.15, 0.2) is 5.69 Å². The Balaban J connectivity index is 1.59. The molecule has 2 heterocycles. The number of nitrogens with zero attached hydrogens (tertiary/aromatic N) is 2. The van der Waals surface area contributed by atoms with Crippen molar-refractivity contribution in [2.45, 2.75) is 31.7 Å². The summed E-state index contributed by atoms with van der Waals surface area (Å²) in [5.74, 6) is 1.63. The van der Waals surface area contributed by atoms with Gasteiger partial charge in [-0.1, -0.05) is 12.1 Å². The van der Waals surface area contributed by atoms with Crippen molar-refractivity contribution in [2.75, 3.05) is 12.0 Å². The molecule has 4 rings (SSSR count). The van der Waals surface area contributed by atoms with Gasteiger partial charge in [-0.25, -0.2) is 4.98 Å². The van der Waals surface area contributed by atoms with Gasteiger partial charge in [-0.3, -0.25) is 9.89 Å². The van der Waals surface area contributed by atoms with Crippen LogP contribution in [0.1, 0.15) is 46.5 Å². The summed E-state index contributed by atoms with van der Waals surface area (Å²) in [5.41, 5.74) is 4.63. The zero-order valence-electron chi connectivity index (χ0n) is 14.1. The van der Waals surface area contributed by atoms with E-state index in [9.17, 15) is 4.79 Å². The van der Waals surface area contributed by atoms with Gasteiger partial charge in [0, 0.05) is 11.3 Å². The van der Waals surface area contributed by atoms with Crippen LogP contribution in [0.15, 0.2) is 24.3 Å². The fourth-order valence-electron chi connectivity index (χ4n) is 3.38. The molecule has 1 aliphatic carbocycles. The summed E-state index contributed by atoms with van der Waals surface area (Å²) < 4.78 is 0. The van der Waals surface area contributed by atoms with Crippen molar-refractivity contribution in [1.29, 1.82) is 0 Å². The molecule has 1 aliphatic rings. The van der Waals surface area contributed by atoms with E-state index in [2.05, 4.69) is 31.7 Å². The quantitative estimate of drug-likeness (QED) is 0.634. The second kappa shape index (κ2) is 6.92. The molecule has 0 radical (unpaired) electrons. The minimum absolute atomic E-state index is 0.119. The van der Waals surface area contributed by atoms with E-state index < -0.39 is 0 Å². The summed E-state index contributed by atoms with van der Waals surface area (Å²) in [7, 11) is 0. The minimum atomic E-state index is -0.152. The molecule has 0 unspecified atom stereocenters. The lowest BCUT2D eigenvalue weighted by Crippen LogP contribution is -2.30. The maximum atomic E-state index is 12.8. The van der Waals surface area contributed by atoms with Crippen LogP contribution >= 0.6 is 11.8 Å². The molecule has 0 saturated carbocycles. The van der Waals surface area contributed by atoms with E-state index in [4.69, 9.17) is 0 Å². The molecule has 1 amide bonds. The Morgan fingerprint density at radius 1 is 1.36 bits per heavy atom. The fraction of sp³-hybridized carbons (Fsp3) is 0.389. The van der Waals surface area contributed by atoms with E-state index in [1.807, 2.05) is 24.3 Å². The van der Waals surface area contributed by atoms with Gasteiger partial charge in [-0.15, -0.1) is 0 Å². The van der Waals surface area contributed by atoms with Crippen LogP contribution in [0.2, 0.25) is 0 Å². The lowest BCUT2D eigenvalue weighted by Gasteiger charge is -2.16. The molecule has 0 bridgehead atoms. The van der Waals surface area contributed by atoms with Gasteiger partial charge in [0.05, 0.1) is 17.1 Å². The molecule has 0 spiro atoms. The number of hydrogen-bond acceptors (Lipinski definition) is 4. The number of hydrogen-bond donors (Lipinski definition) is 3. The van der Waals surface area contributed by atoms with Crippen LogP contribution in [0.4, 0.5) is 0 Å². The van der Waals surface area contributed by atoms with Crippen molar-refractivity contribution in [2.24, 2.45) is 0 Å². The highest BCUT2D eigenvalue weighted by Crippen LogP contribution is 2.24. The van der Waals surface area contributed by atoms with Crippen molar-refractivity contribution in [3.8, 4) is 0 Å². The summed E-state index contributed by atoms with van der Waals surface area (Å²) >= 11 is 1.76. The van der Waals surface area contributed by atoms with Gasteiger partial charge in [0.1, 0.15) is 5.82 Å². The molecule has 0 fully saturated rings. The first-order valence-electron chi connectivity index (χ1n) is 8.57. The highest BCUT2D eigenvalue weighted by molar-refractivity contribution is 7.98. The van der Waals surface area contributed by atoms with Crippen LogP contribution < -0.4 is 5.32 Å². The predicted molar refractivity (Wildman–Crippen MR) is 99.9 cm³/mol. The van der Waals surface area contributed by atoms with Crippen molar-refractivity contribution in [3.05, 3.63) is 47.0 Å². The number of rotatable bonds is 6. The highest BCUT2D eigenvalue weighted by atomic mass is 32.2. The van der Waals surface area contributed by atoms with E-state index in [1.165, 1.54) is 0 Å². The molecule has 0 aliphatic heterocycles. The number of H-pyrrole nitrogens is 2. The van der Waals surface area contributed by atoms with Gasteiger partial charge in [0.25, 0.3) is 5.91 Å². The zero-order valence-corrected chi connectivity index (χ0v) is 14.9. The van der Waals surface area contributed by atoms with Crippen LogP contribution in [0.5, 0.6) is 0 Å². The molecule has 6 nitrogen and oxygen atoms in total. The second-order valence-electron chi connectivity index (χ2n) is 6.33. The van der Waals surface area contributed by atoms with Gasteiger partial charge >= 0.3 is 0 Å². The van der Waals surface area contributed by atoms with Crippen LogP contribution in [0.3, 0.4) is 0 Å². The number of amides is 1. The first kappa shape index (κ1) is 16.2. The summed E-state index contributed by atoms with van der Waals surface area (Å²) in [6.07, 6.45) is 5.88. The minimum Gasteiger partial charge on any atom is -0.341 e. The van der Waals surface area contributed by atoms with Crippen molar-refractivity contribution in [1.82, 2.24) is 25.5 Å². The summed E-state index contributed by atoms with van der Waals surface area (Å²) in [6, 6.07) is 7.77. The molecule has 3 N–H and O–H groups in total. The molecule has 1 aromatic carbocycles. The van der Waals surface area contributed by atoms with E-state index in [0.717, 1.165) is 59.6 Å². The van der Waals surface area contributed by atoms with E-state index in [-0.39, 0.29) is 11.9 Å². The Hall–Kier alpha value is -2.28. The molecule has 3 aromatic rings. The predicted octanol–water partition coefficient (Wildman–Crippen LogP) is 3.00. The monoisotopic (exact) mass is 355 g/mol. The first-order valence-corrected chi connectivity index (χ1v) is 9.96. The number of benzene rings is 1. The van der Waals surface area contributed by atoms with Gasteiger partial charge < -0.3 is 10.3 Å². The number of thioether (sulfide) groups is 1. The summed E-state index contributed by atoms with van der Waals surface area (Å²) in [6.45, 7) is 0. The SMILES string of the molecule is CSCC[C@@H](NC(=O)c1n[nH]c2c1CCC2)c1nc2ccccc2[nH]1. The fourth-order valence-corrected chi connectivity index (χ4v) is 3.86. The van der Waals surface area contributed by atoms with Crippen molar-refractivity contribution < 1.29 is 4.79 Å². The van der Waals surface area contributed by atoms with Gasteiger partial charge in [-0.2, -0.15) is 16.9 Å². The lowest BCUT2D eigenvalue weighted by molar-refractivity contribution is 0.0928. The summed E-state index contributed by atoms with van der Waals surface area (Å²) in [4.78, 5) is 20.8. The number of para-hydroxylation sites is 2. The topological polar surface area (TPSA) is 86.5 Å². The largest absolute Gasteiger partial charge is 0.341 e. The maximum Gasteiger partial charge on any atom is 0.272 e. The molecule has 130 valence electrons. The van der Waals surface area contributed by atoms with Gasteiger partial charge in [-0.05, 0) is 49.8 Å². The Kier molecular flexibility index (Phi) is 4.48. The Morgan fingerprint density at radius 2 is 2.24 bits per heavy atom. The normalized spacial score (nSPS) is 14.6. The Morgan fingerprint density at radius 3 is 3.08 bits per heavy atom. The summed E-state index contributed by atoms with van der Waals surface area (Å²) in [5, 5.41) is 10.4. The third-order valence-electron chi connectivity index (χ3n) is 4.68. The van der Waals surface area contributed by atoms with Crippen LogP contribution in [0.25, 0.3) is 11.0 Å². The molecule has 0 saturated heterocycles. The van der Waals surface area contributed by atoms with Crippen molar-refractivity contribution in [3.63, 3.8) is 0 Å². The average molecular weight is 355 g/mol. The van der Waals surface area contributed by atoms with Crippen LogP contribution in [-0.4, -0.2) is 38.1 Å². The van der Waals surface area contributed by atoms with E-state index in [1.54, 1.807) is 11.8 Å². The molecular formula is C18H21N5OS. The van der Waals surface area contributed by atoms with Gasteiger partial charge in [0.2, 0.25) is 0 Å². The molecule has 7 heteroatoms. The number of aromatic nitrogens is 4. The van der Waals surface area contributed by atoms with E-state index in [0.29, 0.717) is 5.69 Å². The van der Waals surface area contributed by atoms with Crippen molar-refractivity contribution >= 4 is 28.7 Å². The maximum absolute atomic E-state index is 12.8. The third-order valence-corrected chi connectivity index (χ3v) is 5.32. The average Bonchev–Trinajstić information content (AvgIpc) is 3.32. The number of carbonyl (C=O) groups is 1. The number of imidazole rings is 1. The molecular weight excluding hydrogens is 334 g/mol. The molecule has 2 aromatic heterocycles. The number of aryl methyl sites for hydroxylation is 1. The smallest absolute Gasteiger partial charge is 0.272 e. The highest BCUT2D eigenvalue weighted by Gasteiger charge is 2.26. The first-order chi connectivity index (χ1) is 12.3. The van der Waals surface area contributed by atoms with E-state index >= 15 is 0 Å². The number of nitrogens with one attached hydrogen (secondary N) is 3. The number of fused-ring (bicyclic) bond motifs is 2.